The fraction of sp³-hybridized carbons (Fsp3) is 0.296. The SMILES string of the molecule is COC(=O)c1ccc(C(=O)OC)c(NC(=O)C2CCCN(c3ccc(-c4ccc(OC)cc4)nn3)C2)c1. The number of nitrogens with zero attached hydrogens (tertiary/aromatic N) is 3. The molecule has 1 N–H and O–H groups in total. The van der Waals surface area contributed by atoms with Gasteiger partial charge >= 0.3 is 11.9 Å². The first kappa shape index (κ1) is 25.6. The summed E-state index contributed by atoms with van der Waals surface area (Å²) in [7, 11) is 4.13. The van der Waals surface area contributed by atoms with Crippen LogP contribution in [0.2, 0.25) is 0 Å². The van der Waals surface area contributed by atoms with Crippen LogP contribution in [0.25, 0.3) is 11.3 Å². The van der Waals surface area contributed by atoms with Crippen LogP contribution < -0.4 is 15.0 Å². The maximum absolute atomic E-state index is 13.2. The number of benzene rings is 2. The number of hydrogen-bond donors (Lipinski definition) is 1. The summed E-state index contributed by atoms with van der Waals surface area (Å²) in [4.78, 5) is 39.4. The second-order valence-electron chi connectivity index (χ2n) is 8.52. The van der Waals surface area contributed by atoms with Crippen LogP contribution in [0, 0.1) is 5.92 Å². The van der Waals surface area contributed by atoms with E-state index in [1.807, 2.05) is 41.3 Å². The quantitative estimate of drug-likeness (QED) is 0.481. The van der Waals surface area contributed by atoms with Crippen LogP contribution in [0.5, 0.6) is 5.75 Å². The Kier molecular flexibility index (Phi) is 7.97. The van der Waals surface area contributed by atoms with Gasteiger partial charge in [0.15, 0.2) is 5.82 Å². The number of rotatable bonds is 7. The number of nitrogens with one attached hydrogen (secondary N) is 1. The Morgan fingerprint density at radius 3 is 2.32 bits per heavy atom. The molecule has 2 heterocycles. The minimum Gasteiger partial charge on any atom is -0.497 e. The average molecular weight is 505 g/mol. The van der Waals surface area contributed by atoms with Crippen LogP contribution in [0.4, 0.5) is 11.5 Å². The van der Waals surface area contributed by atoms with E-state index < -0.39 is 11.9 Å². The Hall–Kier alpha value is -4.47. The number of anilines is 2. The maximum Gasteiger partial charge on any atom is 0.339 e. The van der Waals surface area contributed by atoms with Crippen molar-refractivity contribution in [3.8, 4) is 17.0 Å². The Morgan fingerprint density at radius 2 is 1.68 bits per heavy atom. The molecule has 1 aromatic heterocycles. The third-order valence-electron chi connectivity index (χ3n) is 6.26. The molecule has 4 rings (SSSR count). The molecule has 2 aromatic carbocycles. The molecule has 192 valence electrons. The second-order valence-corrected chi connectivity index (χ2v) is 8.52. The molecule has 1 fully saturated rings. The van der Waals surface area contributed by atoms with Crippen molar-refractivity contribution in [1.29, 1.82) is 0 Å². The van der Waals surface area contributed by atoms with E-state index in [2.05, 4.69) is 15.5 Å². The van der Waals surface area contributed by atoms with Gasteiger partial charge in [0, 0.05) is 18.7 Å². The molecule has 1 aliphatic heterocycles. The van der Waals surface area contributed by atoms with Crippen LogP contribution in [0.3, 0.4) is 0 Å². The summed E-state index contributed by atoms with van der Waals surface area (Å²) in [5.41, 5.74) is 2.21. The number of hydrogen-bond acceptors (Lipinski definition) is 9. The van der Waals surface area contributed by atoms with Crippen molar-refractivity contribution in [2.75, 3.05) is 44.6 Å². The van der Waals surface area contributed by atoms with Gasteiger partial charge in [0.05, 0.1) is 49.8 Å². The zero-order valence-electron chi connectivity index (χ0n) is 20.9. The van der Waals surface area contributed by atoms with Crippen LogP contribution in [-0.4, -0.2) is 62.5 Å². The zero-order chi connectivity index (χ0) is 26.4. The first-order valence-corrected chi connectivity index (χ1v) is 11.8. The zero-order valence-corrected chi connectivity index (χ0v) is 20.9. The highest BCUT2D eigenvalue weighted by Gasteiger charge is 2.28. The molecule has 1 saturated heterocycles. The topological polar surface area (TPSA) is 120 Å². The van der Waals surface area contributed by atoms with Crippen molar-refractivity contribution in [2.24, 2.45) is 5.92 Å². The number of methoxy groups -OCH3 is 3. The molecule has 0 spiro atoms. The van der Waals surface area contributed by atoms with Crippen LogP contribution in [0.15, 0.2) is 54.6 Å². The summed E-state index contributed by atoms with van der Waals surface area (Å²) in [6, 6.07) is 15.7. The lowest BCUT2D eigenvalue weighted by Crippen LogP contribution is -2.41. The van der Waals surface area contributed by atoms with Gasteiger partial charge in [-0.3, -0.25) is 4.79 Å². The number of carbonyl (C=O) groups excluding carboxylic acids is 3. The summed E-state index contributed by atoms with van der Waals surface area (Å²) >= 11 is 0. The molecule has 3 aromatic rings. The fourth-order valence-corrected chi connectivity index (χ4v) is 4.22. The Labute approximate surface area is 214 Å². The average Bonchev–Trinajstić information content (AvgIpc) is 2.96. The van der Waals surface area contributed by atoms with E-state index in [0.29, 0.717) is 18.8 Å². The van der Waals surface area contributed by atoms with E-state index in [9.17, 15) is 14.4 Å². The third kappa shape index (κ3) is 5.85. The summed E-state index contributed by atoms with van der Waals surface area (Å²) in [5, 5.41) is 11.6. The van der Waals surface area contributed by atoms with Gasteiger partial charge in [-0.2, -0.15) is 0 Å². The Bertz CT molecular complexity index is 1280. The van der Waals surface area contributed by atoms with E-state index in [1.54, 1.807) is 7.11 Å². The molecule has 0 radical (unpaired) electrons. The number of ether oxygens (including phenoxy) is 3. The predicted molar refractivity (Wildman–Crippen MR) is 137 cm³/mol. The lowest BCUT2D eigenvalue weighted by molar-refractivity contribution is -0.120. The minimum atomic E-state index is -0.621. The number of carbonyl (C=O) groups is 3. The van der Waals surface area contributed by atoms with Crippen LogP contribution in [0.1, 0.15) is 33.6 Å². The van der Waals surface area contributed by atoms with Crippen LogP contribution in [-0.2, 0) is 14.3 Å². The van der Waals surface area contributed by atoms with Crippen molar-refractivity contribution >= 4 is 29.4 Å². The van der Waals surface area contributed by atoms with Gasteiger partial charge in [-0.1, -0.05) is 0 Å². The number of aromatic nitrogens is 2. The van der Waals surface area contributed by atoms with Gasteiger partial charge in [-0.25, -0.2) is 9.59 Å². The lowest BCUT2D eigenvalue weighted by atomic mass is 9.96. The number of piperidine rings is 1. The smallest absolute Gasteiger partial charge is 0.339 e. The first-order chi connectivity index (χ1) is 17.9. The third-order valence-corrected chi connectivity index (χ3v) is 6.26. The van der Waals surface area contributed by atoms with Crippen molar-refractivity contribution in [1.82, 2.24) is 10.2 Å². The van der Waals surface area contributed by atoms with Gasteiger partial charge in [-0.15, -0.1) is 10.2 Å². The summed E-state index contributed by atoms with van der Waals surface area (Å²) < 4.78 is 14.8. The molecule has 37 heavy (non-hydrogen) atoms. The van der Waals surface area contributed by atoms with Crippen molar-refractivity contribution in [3.05, 3.63) is 65.7 Å². The molecule has 1 amide bonds. The minimum absolute atomic E-state index is 0.149. The van der Waals surface area contributed by atoms with E-state index in [4.69, 9.17) is 14.2 Å². The molecule has 0 aliphatic carbocycles. The van der Waals surface area contributed by atoms with E-state index in [-0.39, 0.29) is 28.6 Å². The maximum atomic E-state index is 13.2. The fourth-order valence-electron chi connectivity index (χ4n) is 4.22. The molecule has 1 unspecified atom stereocenters. The molecular formula is C27H28N4O6. The highest BCUT2D eigenvalue weighted by Crippen LogP contribution is 2.26. The van der Waals surface area contributed by atoms with E-state index in [0.717, 1.165) is 30.0 Å². The summed E-state index contributed by atoms with van der Waals surface area (Å²) in [6.45, 7) is 1.18. The number of esters is 2. The number of amides is 1. The molecule has 10 heteroatoms. The normalized spacial score (nSPS) is 15.0. The molecule has 1 atom stereocenters. The highest BCUT2D eigenvalue weighted by atomic mass is 16.5. The van der Waals surface area contributed by atoms with Crippen molar-refractivity contribution in [2.45, 2.75) is 12.8 Å². The molecular weight excluding hydrogens is 476 g/mol. The molecule has 0 bridgehead atoms. The molecule has 10 nitrogen and oxygen atoms in total. The van der Waals surface area contributed by atoms with Crippen molar-refractivity contribution in [3.63, 3.8) is 0 Å². The van der Waals surface area contributed by atoms with Gasteiger partial charge < -0.3 is 24.4 Å². The lowest BCUT2D eigenvalue weighted by Gasteiger charge is -2.32. The van der Waals surface area contributed by atoms with E-state index >= 15 is 0 Å². The largest absolute Gasteiger partial charge is 0.497 e. The first-order valence-electron chi connectivity index (χ1n) is 11.8. The highest BCUT2D eigenvalue weighted by molar-refractivity contribution is 6.04. The Morgan fingerprint density at radius 1 is 0.919 bits per heavy atom. The van der Waals surface area contributed by atoms with Gasteiger partial charge in [-0.05, 0) is 67.4 Å². The van der Waals surface area contributed by atoms with Crippen LogP contribution >= 0.6 is 0 Å². The molecule has 0 saturated carbocycles. The second kappa shape index (κ2) is 11.5. The summed E-state index contributed by atoms with van der Waals surface area (Å²) in [5.74, 6) is -0.375. The molecule has 1 aliphatic rings. The Balaban J connectivity index is 1.47. The van der Waals surface area contributed by atoms with Gasteiger partial charge in [0.25, 0.3) is 0 Å². The monoisotopic (exact) mass is 504 g/mol. The summed E-state index contributed by atoms with van der Waals surface area (Å²) in [6.07, 6.45) is 1.45. The van der Waals surface area contributed by atoms with Crippen molar-refractivity contribution < 1.29 is 28.6 Å². The van der Waals surface area contributed by atoms with Gasteiger partial charge in [0.1, 0.15) is 5.75 Å². The standard InChI is InChI=1S/C27H28N4O6/c1-35-20-9-6-17(7-10-20)22-12-13-24(30-29-22)31-14-4-5-19(16-31)25(32)28-23-15-18(26(33)36-2)8-11-21(23)27(34)37-3/h6-13,15,19H,4-5,14,16H2,1-3H3,(H,28,32). The van der Waals surface area contributed by atoms with Gasteiger partial charge in [0.2, 0.25) is 5.91 Å². The predicted octanol–water partition coefficient (Wildman–Crippen LogP) is 3.58. The van der Waals surface area contributed by atoms with E-state index in [1.165, 1.54) is 32.4 Å².